The zero-order valence-electron chi connectivity index (χ0n) is 19.6. The molecule has 1 N–H and O–H groups in total. The number of likely N-dealkylation sites (tertiary alicyclic amines) is 1. The summed E-state index contributed by atoms with van der Waals surface area (Å²) in [4.78, 5) is 38.8. The molecular formula is C28H24N2O6. The Hall–Kier alpha value is -4.46. The molecule has 2 aliphatic rings. The van der Waals surface area contributed by atoms with E-state index in [-0.39, 0.29) is 29.7 Å². The average molecular weight is 485 g/mol. The Labute approximate surface area is 207 Å². The average Bonchev–Trinajstić information content (AvgIpc) is 3.38. The third-order valence-corrected chi connectivity index (χ3v) is 6.59. The zero-order valence-corrected chi connectivity index (χ0v) is 19.6. The molecule has 0 aromatic heterocycles. The normalized spacial score (nSPS) is 20.3. The number of nitro groups is 1. The van der Waals surface area contributed by atoms with Gasteiger partial charge in [-0.25, -0.2) is 0 Å². The standard InChI is InChI=1S/C28H24N2O6/c1-17-14-21-15-20(10-11-23(21)36-17)26(31)24-25(19-8-5-9-22(16-19)30(34)35)29(28(33)27(24)32)13-12-18-6-3-2-4-7-18/h2-11,15-17,25,31H,12-14H2,1H3/b26-24-. The number of ketones is 1. The summed E-state index contributed by atoms with van der Waals surface area (Å²) in [7, 11) is 0. The molecule has 1 saturated heterocycles. The largest absolute Gasteiger partial charge is 0.507 e. The molecule has 2 heterocycles. The maximum Gasteiger partial charge on any atom is 0.295 e. The van der Waals surface area contributed by atoms with Crippen LogP contribution in [0.4, 0.5) is 5.69 Å². The molecule has 0 spiro atoms. The number of aliphatic hydroxyl groups is 1. The predicted octanol–water partition coefficient (Wildman–Crippen LogP) is 4.58. The second-order valence-electron chi connectivity index (χ2n) is 9.04. The van der Waals surface area contributed by atoms with Crippen LogP contribution in [0.2, 0.25) is 0 Å². The number of aliphatic hydroxyl groups excluding tert-OH is 1. The second-order valence-corrected chi connectivity index (χ2v) is 9.04. The van der Waals surface area contributed by atoms with Gasteiger partial charge in [0.2, 0.25) is 0 Å². The maximum absolute atomic E-state index is 13.3. The van der Waals surface area contributed by atoms with Gasteiger partial charge in [0, 0.05) is 30.7 Å². The van der Waals surface area contributed by atoms with Crippen molar-refractivity contribution in [3.8, 4) is 5.75 Å². The molecule has 3 aromatic rings. The Kier molecular flexibility index (Phi) is 6.01. The molecule has 8 heteroatoms. The number of ether oxygens (including phenoxy) is 1. The third kappa shape index (κ3) is 4.22. The van der Waals surface area contributed by atoms with E-state index in [2.05, 4.69) is 0 Å². The van der Waals surface area contributed by atoms with Gasteiger partial charge in [0.25, 0.3) is 17.4 Å². The monoisotopic (exact) mass is 484 g/mol. The van der Waals surface area contributed by atoms with Crippen LogP contribution in [0.1, 0.15) is 35.2 Å². The van der Waals surface area contributed by atoms with Crippen LogP contribution in [0.5, 0.6) is 5.75 Å². The fourth-order valence-corrected chi connectivity index (χ4v) is 4.88. The third-order valence-electron chi connectivity index (χ3n) is 6.59. The number of rotatable bonds is 6. The van der Waals surface area contributed by atoms with E-state index >= 15 is 0 Å². The number of nitro benzene ring substituents is 1. The van der Waals surface area contributed by atoms with E-state index in [0.717, 1.165) is 16.9 Å². The minimum absolute atomic E-state index is 0.00540. The maximum atomic E-state index is 13.3. The Morgan fingerprint density at radius 3 is 2.61 bits per heavy atom. The van der Waals surface area contributed by atoms with E-state index < -0.39 is 22.7 Å². The van der Waals surface area contributed by atoms with Crippen LogP contribution in [0, 0.1) is 10.1 Å². The van der Waals surface area contributed by atoms with Gasteiger partial charge in [0.1, 0.15) is 17.6 Å². The summed E-state index contributed by atoms with van der Waals surface area (Å²) in [6.07, 6.45) is 1.15. The molecule has 182 valence electrons. The number of hydrogen-bond acceptors (Lipinski definition) is 6. The van der Waals surface area contributed by atoms with E-state index in [1.807, 2.05) is 37.3 Å². The lowest BCUT2D eigenvalue weighted by atomic mass is 9.94. The molecule has 36 heavy (non-hydrogen) atoms. The summed E-state index contributed by atoms with van der Waals surface area (Å²) >= 11 is 0. The summed E-state index contributed by atoms with van der Waals surface area (Å²) in [6.45, 7) is 2.15. The molecule has 0 saturated carbocycles. The van der Waals surface area contributed by atoms with Crippen LogP contribution in [0.15, 0.2) is 78.4 Å². The number of carbonyl (C=O) groups is 2. The quantitative estimate of drug-likeness (QED) is 0.180. The van der Waals surface area contributed by atoms with Crippen molar-refractivity contribution in [3.05, 3.63) is 111 Å². The number of benzene rings is 3. The van der Waals surface area contributed by atoms with E-state index in [4.69, 9.17) is 4.74 Å². The summed E-state index contributed by atoms with van der Waals surface area (Å²) in [5, 5.41) is 22.8. The molecule has 0 aliphatic carbocycles. The van der Waals surface area contributed by atoms with Crippen LogP contribution >= 0.6 is 0 Å². The van der Waals surface area contributed by atoms with Crippen LogP contribution in [-0.2, 0) is 22.4 Å². The summed E-state index contributed by atoms with van der Waals surface area (Å²) in [6, 6.07) is 19.5. The molecule has 0 bridgehead atoms. The van der Waals surface area contributed by atoms with Crippen molar-refractivity contribution in [2.75, 3.05) is 6.54 Å². The van der Waals surface area contributed by atoms with Crippen LogP contribution in [0.25, 0.3) is 5.76 Å². The second kappa shape index (κ2) is 9.30. The van der Waals surface area contributed by atoms with Crippen molar-refractivity contribution in [1.29, 1.82) is 0 Å². The lowest BCUT2D eigenvalue weighted by molar-refractivity contribution is -0.384. The minimum Gasteiger partial charge on any atom is -0.507 e. The van der Waals surface area contributed by atoms with Gasteiger partial charge >= 0.3 is 0 Å². The summed E-state index contributed by atoms with van der Waals surface area (Å²) in [5.74, 6) is -1.16. The molecular weight excluding hydrogens is 460 g/mol. The SMILES string of the molecule is CC1Cc2cc(/C(O)=C3/C(=O)C(=O)N(CCc4ccccc4)C3c3cccc([N+](=O)[O-])c3)ccc2O1. The molecule has 2 atom stereocenters. The van der Waals surface area contributed by atoms with E-state index in [1.54, 1.807) is 24.3 Å². The molecule has 1 fully saturated rings. The van der Waals surface area contributed by atoms with Gasteiger partial charge in [-0.3, -0.25) is 19.7 Å². The first-order valence-corrected chi connectivity index (χ1v) is 11.7. The Bertz CT molecular complexity index is 1400. The van der Waals surface area contributed by atoms with Gasteiger partial charge in [-0.05, 0) is 48.2 Å². The van der Waals surface area contributed by atoms with Crippen molar-refractivity contribution in [2.24, 2.45) is 0 Å². The van der Waals surface area contributed by atoms with Gasteiger partial charge in [-0.2, -0.15) is 0 Å². The van der Waals surface area contributed by atoms with Gasteiger partial charge in [-0.15, -0.1) is 0 Å². The predicted molar refractivity (Wildman–Crippen MR) is 132 cm³/mol. The highest BCUT2D eigenvalue weighted by molar-refractivity contribution is 6.46. The highest BCUT2D eigenvalue weighted by atomic mass is 16.6. The summed E-state index contributed by atoms with van der Waals surface area (Å²) in [5.41, 5.74) is 2.41. The summed E-state index contributed by atoms with van der Waals surface area (Å²) < 4.78 is 5.73. The topological polar surface area (TPSA) is 110 Å². The van der Waals surface area contributed by atoms with Crippen molar-refractivity contribution >= 4 is 23.1 Å². The first-order valence-electron chi connectivity index (χ1n) is 11.7. The van der Waals surface area contributed by atoms with E-state index in [1.165, 1.54) is 23.1 Å². The minimum atomic E-state index is -0.961. The van der Waals surface area contributed by atoms with Gasteiger partial charge in [0.15, 0.2) is 0 Å². The Morgan fingerprint density at radius 2 is 1.86 bits per heavy atom. The zero-order chi connectivity index (χ0) is 25.4. The fourth-order valence-electron chi connectivity index (χ4n) is 4.88. The Morgan fingerprint density at radius 1 is 1.08 bits per heavy atom. The first-order chi connectivity index (χ1) is 17.3. The molecule has 1 amide bonds. The number of non-ortho nitro benzene ring substituents is 1. The molecule has 8 nitrogen and oxygen atoms in total. The van der Waals surface area contributed by atoms with Crippen LogP contribution < -0.4 is 4.74 Å². The number of amides is 1. The highest BCUT2D eigenvalue weighted by Gasteiger charge is 2.46. The van der Waals surface area contributed by atoms with Crippen LogP contribution in [-0.4, -0.2) is 39.3 Å². The van der Waals surface area contributed by atoms with Crippen molar-refractivity contribution in [1.82, 2.24) is 4.90 Å². The number of fused-ring (bicyclic) bond motifs is 1. The van der Waals surface area contributed by atoms with Gasteiger partial charge in [-0.1, -0.05) is 42.5 Å². The molecule has 2 unspecified atom stereocenters. The highest BCUT2D eigenvalue weighted by Crippen LogP contribution is 2.41. The Balaban J connectivity index is 1.60. The fraction of sp³-hybridized carbons (Fsp3) is 0.214. The van der Waals surface area contributed by atoms with Gasteiger partial charge < -0.3 is 14.7 Å². The molecule has 2 aliphatic heterocycles. The number of Topliss-reactive ketones (excluding diaryl/α,β-unsaturated/α-hetero) is 1. The van der Waals surface area contributed by atoms with Gasteiger partial charge in [0.05, 0.1) is 16.5 Å². The van der Waals surface area contributed by atoms with Crippen molar-refractivity contribution in [3.63, 3.8) is 0 Å². The van der Waals surface area contributed by atoms with E-state index in [0.29, 0.717) is 24.0 Å². The molecule has 3 aromatic carbocycles. The lowest BCUT2D eigenvalue weighted by Gasteiger charge is -2.25. The first kappa shape index (κ1) is 23.3. The van der Waals surface area contributed by atoms with Crippen LogP contribution in [0.3, 0.4) is 0 Å². The number of hydrogen-bond donors (Lipinski definition) is 1. The molecule has 0 radical (unpaired) electrons. The number of carbonyl (C=O) groups excluding carboxylic acids is 2. The van der Waals surface area contributed by atoms with Crippen molar-refractivity contribution < 1.29 is 24.4 Å². The smallest absolute Gasteiger partial charge is 0.295 e. The number of nitrogens with zero attached hydrogens (tertiary/aromatic N) is 2. The molecule has 5 rings (SSSR count). The lowest BCUT2D eigenvalue weighted by Crippen LogP contribution is -2.31. The van der Waals surface area contributed by atoms with E-state index in [9.17, 15) is 24.8 Å². The van der Waals surface area contributed by atoms with Crippen molar-refractivity contribution in [2.45, 2.75) is 31.9 Å².